The number of rotatable bonds is 9. The molecule has 2 aromatic carbocycles. The van der Waals surface area contributed by atoms with Crippen LogP contribution >= 0.6 is 11.6 Å². The number of carbonyl (C=O) groups is 1. The number of hydrogen-bond donors (Lipinski definition) is 2. The predicted molar refractivity (Wildman–Crippen MR) is 173 cm³/mol. The Morgan fingerprint density at radius 2 is 1.69 bits per heavy atom. The van der Waals surface area contributed by atoms with Gasteiger partial charge in [0.2, 0.25) is 5.91 Å². The number of amides is 1. The van der Waals surface area contributed by atoms with Gasteiger partial charge in [0.05, 0.1) is 5.92 Å². The lowest BCUT2D eigenvalue weighted by Crippen LogP contribution is -2.59. The molecule has 7 nitrogen and oxygen atoms in total. The Labute approximate surface area is 269 Å². The van der Waals surface area contributed by atoms with Crippen molar-refractivity contribution in [2.24, 2.45) is 23.0 Å². The molecule has 1 amide bonds. The van der Waals surface area contributed by atoms with Crippen molar-refractivity contribution in [1.82, 2.24) is 19.7 Å². The third kappa shape index (κ3) is 7.35. The highest BCUT2D eigenvalue weighted by Gasteiger charge is 2.47. The van der Waals surface area contributed by atoms with E-state index in [0.29, 0.717) is 35.9 Å². The molecule has 242 valence electrons. The first kappa shape index (κ1) is 31.9. The van der Waals surface area contributed by atoms with E-state index in [2.05, 4.69) is 20.3 Å². The molecule has 0 bridgehead atoms. The first-order valence-corrected chi connectivity index (χ1v) is 17.0. The molecule has 0 spiro atoms. The lowest BCUT2D eigenvalue weighted by molar-refractivity contribution is -0.142. The molecule has 3 fully saturated rings. The zero-order chi connectivity index (χ0) is 31.4. The van der Waals surface area contributed by atoms with E-state index < -0.39 is 17.2 Å². The largest absolute Gasteiger partial charge is 0.382 e. The summed E-state index contributed by atoms with van der Waals surface area (Å²) in [7, 11) is 0. The summed E-state index contributed by atoms with van der Waals surface area (Å²) < 4.78 is 29.2. The Balaban J connectivity index is 1.17. The molecule has 1 aromatic heterocycles. The SMILES string of the molecule is N[C@]1([C@@H](Cc2ccc(Cl)cc2)C(=O)N2CCC(Cn3cncn3)(C3CCCCC3)CC2)CC[C@H](Nc2ccc(F)c(F)c2)CC1. The molecule has 3 aromatic rings. The maximum atomic E-state index is 14.5. The number of likely N-dealkylation sites (tertiary alicyclic amines) is 1. The fourth-order valence-corrected chi connectivity index (χ4v) is 8.43. The van der Waals surface area contributed by atoms with Crippen LogP contribution in [0.2, 0.25) is 5.02 Å². The van der Waals surface area contributed by atoms with Gasteiger partial charge in [0, 0.05) is 48.0 Å². The van der Waals surface area contributed by atoms with Crippen molar-refractivity contribution in [1.29, 1.82) is 0 Å². The monoisotopic (exact) mass is 638 g/mol. The van der Waals surface area contributed by atoms with Crippen LogP contribution < -0.4 is 11.1 Å². The van der Waals surface area contributed by atoms with Crippen LogP contribution in [0.3, 0.4) is 0 Å². The molecule has 45 heavy (non-hydrogen) atoms. The van der Waals surface area contributed by atoms with Gasteiger partial charge in [-0.05, 0) is 98.9 Å². The van der Waals surface area contributed by atoms with Crippen molar-refractivity contribution in [3.63, 3.8) is 0 Å². The summed E-state index contributed by atoms with van der Waals surface area (Å²) in [6.45, 7) is 2.29. The lowest BCUT2D eigenvalue weighted by atomic mass is 9.63. The van der Waals surface area contributed by atoms with E-state index in [0.717, 1.165) is 56.9 Å². The summed E-state index contributed by atoms with van der Waals surface area (Å²) in [5.74, 6) is -1.33. The summed E-state index contributed by atoms with van der Waals surface area (Å²) >= 11 is 6.19. The highest BCUT2D eigenvalue weighted by Crippen LogP contribution is 2.47. The number of aromatic nitrogens is 3. The highest BCUT2D eigenvalue weighted by molar-refractivity contribution is 6.30. The first-order chi connectivity index (χ1) is 21.7. The quantitative estimate of drug-likeness (QED) is 0.263. The number of nitrogens with one attached hydrogen (secondary N) is 1. The minimum atomic E-state index is -0.868. The molecule has 1 atom stereocenters. The molecule has 2 heterocycles. The van der Waals surface area contributed by atoms with Crippen LogP contribution in [-0.4, -0.2) is 50.2 Å². The summed E-state index contributed by atoms with van der Waals surface area (Å²) in [5.41, 5.74) is 8.25. The molecule has 0 radical (unpaired) electrons. The number of benzene rings is 2. The van der Waals surface area contributed by atoms with Gasteiger partial charge < -0.3 is 16.0 Å². The van der Waals surface area contributed by atoms with Gasteiger partial charge in [0.15, 0.2) is 11.6 Å². The minimum absolute atomic E-state index is 0.0701. The van der Waals surface area contributed by atoms with Crippen LogP contribution in [0.25, 0.3) is 0 Å². The second-order valence-corrected chi connectivity index (χ2v) is 14.2. The van der Waals surface area contributed by atoms with Crippen molar-refractivity contribution < 1.29 is 13.6 Å². The molecule has 3 aliphatic rings. The minimum Gasteiger partial charge on any atom is -0.382 e. The van der Waals surface area contributed by atoms with E-state index in [4.69, 9.17) is 17.3 Å². The van der Waals surface area contributed by atoms with Crippen molar-refractivity contribution in [2.45, 2.75) is 95.2 Å². The molecule has 1 aliphatic heterocycles. The number of halogens is 3. The van der Waals surface area contributed by atoms with Gasteiger partial charge in [0.25, 0.3) is 0 Å². The Bertz CT molecular complexity index is 1410. The van der Waals surface area contributed by atoms with Crippen LogP contribution in [0.15, 0.2) is 55.1 Å². The topological polar surface area (TPSA) is 89.1 Å². The second-order valence-electron chi connectivity index (χ2n) is 13.8. The van der Waals surface area contributed by atoms with Crippen LogP contribution in [-0.2, 0) is 17.8 Å². The van der Waals surface area contributed by atoms with E-state index in [1.807, 2.05) is 35.3 Å². The maximum Gasteiger partial charge on any atom is 0.227 e. The molecule has 6 rings (SSSR count). The van der Waals surface area contributed by atoms with Gasteiger partial charge in [-0.2, -0.15) is 5.10 Å². The van der Waals surface area contributed by atoms with Crippen LogP contribution in [0.1, 0.15) is 76.2 Å². The third-order valence-corrected chi connectivity index (χ3v) is 11.3. The van der Waals surface area contributed by atoms with Gasteiger partial charge in [-0.15, -0.1) is 0 Å². The Hall–Kier alpha value is -3.04. The lowest BCUT2D eigenvalue weighted by Gasteiger charge is -2.50. The van der Waals surface area contributed by atoms with E-state index in [9.17, 15) is 13.6 Å². The van der Waals surface area contributed by atoms with Crippen LogP contribution in [0.5, 0.6) is 0 Å². The van der Waals surface area contributed by atoms with E-state index in [1.165, 1.54) is 38.2 Å². The summed E-state index contributed by atoms with van der Waals surface area (Å²) in [4.78, 5) is 20.8. The fraction of sp³-hybridized carbons (Fsp3) is 0.571. The van der Waals surface area contributed by atoms with Gasteiger partial charge in [-0.25, -0.2) is 13.8 Å². The average molecular weight is 639 g/mol. The predicted octanol–water partition coefficient (Wildman–Crippen LogP) is 7.01. The highest BCUT2D eigenvalue weighted by atomic mass is 35.5. The molecule has 10 heteroatoms. The maximum absolute atomic E-state index is 14.5. The van der Waals surface area contributed by atoms with Gasteiger partial charge in [0.1, 0.15) is 12.7 Å². The van der Waals surface area contributed by atoms with E-state index >= 15 is 0 Å². The molecular weight excluding hydrogens is 594 g/mol. The molecule has 0 unspecified atom stereocenters. The third-order valence-electron chi connectivity index (χ3n) is 11.0. The number of carbonyl (C=O) groups excluding carboxylic acids is 1. The summed E-state index contributed by atoms with van der Waals surface area (Å²) in [6.07, 6.45) is 15.0. The number of anilines is 1. The standard InChI is InChI=1S/C35H45ClF2N6O/c36-27-8-6-25(7-9-27)20-30(35(39)14-12-28(13-15-35)42-29-10-11-31(37)32(38)21-29)33(45)43-18-16-34(17-19-43,22-44-24-40-23-41-44)26-4-2-1-3-5-26/h6-11,21,23-24,26,28,30,42H,1-5,12-20,22,39H2/t28-,30-,35+/m0/s1. The van der Waals surface area contributed by atoms with Gasteiger partial charge in [-0.3, -0.25) is 9.48 Å². The number of nitrogens with zero attached hydrogens (tertiary/aromatic N) is 4. The van der Waals surface area contributed by atoms with E-state index in [-0.39, 0.29) is 23.3 Å². The second kappa shape index (κ2) is 13.8. The summed E-state index contributed by atoms with van der Waals surface area (Å²) in [5, 5.41) is 8.47. The number of nitrogens with two attached hydrogens (primary N) is 1. The van der Waals surface area contributed by atoms with Crippen molar-refractivity contribution in [2.75, 3.05) is 18.4 Å². The Morgan fingerprint density at radius 1 is 0.978 bits per heavy atom. The normalized spacial score (nSPS) is 24.7. The smallest absolute Gasteiger partial charge is 0.227 e. The average Bonchev–Trinajstić information content (AvgIpc) is 3.57. The van der Waals surface area contributed by atoms with Crippen molar-refractivity contribution in [3.05, 3.63) is 77.3 Å². The van der Waals surface area contributed by atoms with Crippen molar-refractivity contribution in [3.8, 4) is 0 Å². The molecule has 2 saturated carbocycles. The Morgan fingerprint density at radius 3 is 2.33 bits per heavy atom. The first-order valence-electron chi connectivity index (χ1n) is 16.6. The molecular formula is C35H45ClF2N6O. The van der Waals surface area contributed by atoms with Crippen molar-refractivity contribution >= 4 is 23.2 Å². The molecule has 1 saturated heterocycles. The van der Waals surface area contributed by atoms with Crippen LogP contribution in [0, 0.1) is 28.9 Å². The fourth-order valence-electron chi connectivity index (χ4n) is 8.30. The van der Waals surface area contributed by atoms with E-state index in [1.54, 1.807) is 12.4 Å². The van der Waals surface area contributed by atoms with Gasteiger partial charge >= 0.3 is 0 Å². The van der Waals surface area contributed by atoms with Gasteiger partial charge in [-0.1, -0.05) is 43.0 Å². The zero-order valence-corrected chi connectivity index (χ0v) is 26.7. The summed E-state index contributed by atoms with van der Waals surface area (Å²) in [6, 6.07) is 11.7. The van der Waals surface area contributed by atoms with Crippen LogP contribution in [0.4, 0.5) is 14.5 Å². The Kier molecular flexibility index (Phi) is 9.76. The zero-order valence-electron chi connectivity index (χ0n) is 25.9. The number of hydrogen-bond acceptors (Lipinski definition) is 5. The molecule has 2 aliphatic carbocycles. The number of piperidine rings is 1. The molecule has 3 N–H and O–H groups in total.